The van der Waals surface area contributed by atoms with Gasteiger partial charge in [0.1, 0.15) is 22.4 Å². The molecule has 0 saturated heterocycles. The number of hydrogen-bond acceptors (Lipinski definition) is 8. The Balaban J connectivity index is 2.04. The summed E-state index contributed by atoms with van der Waals surface area (Å²) >= 11 is 0.724. The second-order valence-corrected chi connectivity index (χ2v) is 10.6. The van der Waals surface area contributed by atoms with Gasteiger partial charge in [0.15, 0.2) is 5.69 Å². The molecule has 0 unspecified atom stereocenters. The lowest BCUT2D eigenvalue weighted by atomic mass is 9.99. The molecule has 204 valence electrons. The Morgan fingerprint density at radius 1 is 1.10 bits per heavy atom. The molecule has 6 N–H and O–H groups in total. The normalized spacial score (nSPS) is 12.1. The number of nitrogens with one attached hydrogen (secondary N) is 2. The van der Waals surface area contributed by atoms with E-state index in [0.717, 1.165) is 22.4 Å². The van der Waals surface area contributed by atoms with Crippen molar-refractivity contribution in [2.24, 2.45) is 5.73 Å². The molecule has 0 radical (unpaired) electrons. The Bertz CT molecular complexity index is 1550. The monoisotopic (exact) mass is 550 g/mol. The number of nitrogens with two attached hydrogens (primary N) is 2. The average Bonchev–Trinajstić information content (AvgIpc) is 3.49. The topological polar surface area (TPSA) is 166 Å². The third kappa shape index (κ3) is 5.36. The van der Waals surface area contributed by atoms with Gasteiger partial charge in [-0.2, -0.15) is 4.37 Å². The maximum Gasteiger partial charge on any atom is 0.273 e. The van der Waals surface area contributed by atoms with E-state index in [0.29, 0.717) is 17.1 Å². The number of benzene rings is 2. The molecule has 11 nitrogen and oxygen atoms in total. The zero-order valence-electron chi connectivity index (χ0n) is 22.2. The molecular formula is C27H30N6O5S. The number of carbonyl (C=O) groups is 3. The zero-order chi connectivity index (χ0) is 28.5. The zero-order valence-corrected chi connectivity index (χ0v) is 23.0. The van der Waals surface area contributed by atoms with Crippen molar-refractivity contribution in [3.05, 3.63) is 64.8 Å². The number of carbonyl (C=O) groups excluding carboxylic acids is 3. The highest BCUT2D eigenvalue weighted by molar-refractivity contribution is 7.09. The molecule has 2 aromatic carbocycles. The van der Waals surface area contributed by atoms with E-state index in [-0.39, 0.29) is 21.9 Å². The van der Waals surface area contributed by atoms with Gasteiger partial charge in [0.05, 0.1) is 25.6 Å². The number of rotatable bonds is 8. The predicted molar refractivity (Wildman–Crippen MR) is 150 cm³/mol. The van der Waals surface area contributed by atoms with E-state index in [1.54, 1.807) is 24.4 Å². The van der Waals surface area contributed by atoms with Crippen LogP contribution in [0.25, 0.3) is 10.9 Å². The molecule has 4 rings (SSSR count). The summed E-state index contributed by atoms with van der Waals surface area (Å²) in [6.07, 6.45) is 1.69. The lowest BCUT2D eigenvalue weighted by molar-refractivity contribution is -0.123. The lowest BCUT2D eigenvalue weighted by Crippen LogP contribution is -2.49. The standard InChI is InChI=1S/C27H30N6O5S/c1-27(2,3)31-25(35)22(16-13-30-17-9-7-6-8-15(16)17)33(18-12-14(37-4)10-11-19(18)38-5)26(36)23-20(28)21(24(29)34)32-39-23/h6-13,22,30H,28H2,1-5H3,(H2,29,34)(H,31,35)/t22-/m1/s1. The molecule has 0 aliphatic heterocycles. The molecule has 0 saturated carbocycles. The molecular weight excluding hydrogens is 520 g/mol. The summed E-state index contributed by atoms with van der Waals surface area (Å²) in [7, 11) is 2.94. The van der Waals surface area contributed by atoms with Gasteiger partial charge in [0.25, 0.3) is 11.8 Å². The first kappa shape index (κ1) is 27.5. The van der Waals surface area contributed by atoms with Crippen molar-refractivity contribution in [1.29, 1.82) is 0 Å². The Kier molecular flexibility index (Phi) is 7.50. The first-order chi connectivity index (χ1) is 18.5. The highest BCUT2D eigenvalue weighted by Gasteiger charge is 2.39. The van der Waals surface area contributed by atoms with Gasteiger partial charge in [-0.15, -0.1) is 0 Å². The van der Waals surface area contributed by atoms with E-state index in [2.05, 4.69) is 14.7 Å². The van der Waals surface area contributed by atoms with Gasteiger partial charge in [-0.05, 0) is 50.5 Å². The molecule has 0 aliphatic carbocycles. The van der Waals surface area contributed by atoms with Crippen LogP contribution in [0.2, 0.25) is 0 Å². The number of aromatic nitrogens is 2. The van der Waals surface area contributed by atoms with E-state index >= 15 is 0 Å². The molecule has 4 aromatic rings. The number of methoxy groups -OCH3 is 2. The first-order valence-corrected chi connectivity index (χ1v) is 12.7. The smallest absolute Gasteiger partial charge is 0.273 e. The van der Waals surface area contributed by atoms with Gasteiger partial charge < -0.3 is 31.2 Å². The van der Waals surface area contributed by atoms with Crippen LogP contribution >= 0.6 is 11.5 Å². The molecule has 3 amide bonds. The summed E-state index contributed by atoms with van der Waals surface area (Å²) in [5, 5.41) is 3.73. The third-order valence-electron chi connectivity index (χ3n) is 5.94. The molecule has 0 fully saturated rings. The number of aromatic amines is 1. The lowest BCUT2D eigenvalue weighted by Gasteiger charge is -2.34. The second kappa shape index (κ2) is 10.7. The van der Waals surface area contributed by atoms with Crippen LogP contribution in [0.1, 0.15) is 52.5 Å². The molecule has 1 atom stereocenters. The van der Waals surface area contributed by atoms with E-state index in [9.17, 15) is 14.4 Å². The van der Waals surface area contributed by atoms with E-state index in [1.807, 2.05) is 45.0 Å². The molecule has 12 heteroatoms. The van der Waals surface area contributed by atoms with Crippen LogP contribution in [0.3, 0.4) is 0 Å². The fraction of sp³-hybridized carbons (Fsp3) is 0.259. The van der Waals surface area contributed by atoms with Gasteiger partial charge >= 0.3 is 0 Å². The number of fused-ring (bicyclic) bond motifs is 1. The number of hydrogen-bond donors (Lipinski definition) is 4. The van der Waals surface area contributed by atoms with Crippen LogP contribution in [0.5, 0.6) is 11.5 Å². The summed E-state index contributed by atoms with van der Waals surface area (Å²) in [6, 6.07) is 11.1. The fourth-order valence-corrected chi connectivity index (χ4v) is 4.99. The maximum absolute atomic E-state index is 14.4. The first-order valence-electron chi connectivity index (χ1n) is 12.0. The van der Waals surface area contributed by atoms with Gasteiger partial charge in [-0.25, -0.2) is 0 Å². The Labute approximate surface area is 229 Å². The molecule has 0 bridgehead atoms. The Hall–Kier alpha value is -4.58. The summed E-state index contributed by atoms with van der Waals surface area (Å²) < 4.78 is 15.0. The number of anilines is 2. The maximum atomic E-state index is 14.4. The van der Waals surface area contributed by atoms with Gasteiger partial charge in [-0.1, -0.05) is 18.2 Å². The van der Waals surface area contributed by atoms with Crippen LogP contribution in [-0.4, -0.2) is 46.8 Å². The fourth-order valence-electron chi connectivity index (χ4n) is 4.25. The molecule has 0 aliphatic rings. The minimum atomic E-state index is -1.20. The van der Waals surface area contributed by atoms with Crippen LogP contribution in [0, 0.1) is 0 Å². The Morgan fingerprint density at radius 2 is 1.82 bits per heavy atom. The van der Waals surface area contributed by atoms with Crippen LogP contribution in [0.4, 0.5) is 11.4 Å². The van der Waals surface area contributed by atoms with Crippen molar-refractivity contribution in [2.45, 2.75) is 32.4 Å². The minimum Gasteiger partial charge on any atom is -0.497 e. The molecule has 2 aromatic heterocycles. The van der Waals surface area contributed by atoms with Crippen LogP contribution in [0.15, 0.2) is 48.7 Å². The number of nitrogens with zero attached hydrogens (tertiary/aromatic N) is 2. The SMILES string of the molecule is COc1ccc(OC)c(N(C(=O)c2snc(C(N)=O)c2N)[C@@H](C(=O)NC(C)(C)C)c2c[nH]c3ccccc23)c1. The molecule has 0 spiro atoms. The highest BCUT2D eigenvalue weighted by atomic mass is 32.1. The number of primary amides is 1. The van der Waals surface area contributed by atoms with Crippen LogP contribution < -0.4 is 31.2 Å². The number of ether oxygens (including phenoxy) is 2. The molecule has 2 heterocycles. The summed E-state index contributed by atoms with van der Waals surface area (Å²) in [6.45, 7) is 5.53. The van der Waals surface area contributed by atoms with Gasteiger partial charge in [0, 0.05) is 34.3 Å². The van der Waals surface area contributed by atoms with Crippen molar-refractivity contribution in [1.82, 2.24) is 14.7 Å². The Morgan fingerprint density at radius 3 is 2.44 bits per heavy atom. The third-order valence-corrected chi connectivity index (χ3v) is 6.79. The number of amides is 3. The van der Waals surface area contributed by atoms with Crippen LogP contribution in [-0.2, 0) is 4.79 Å². The summed E-state index contributed by atoms with van der Waals surface area (Å²) in [4.78, 5) is 44.8. The second-order valence-electron chi connectivity index (χ2n) is 9.78. The van der Waals surface area contributed by atoms with E-state index in [1.165, 1.54) is 19.1 Å². The number of para-hydroxylation sites is 1. The van der Waals surface area contributed by atoms with Gasteiger partial charge in [0.2, 0.25) is 5.91 Å². The largest absolute Gasteiger partial charge is 0.497 e. The predicted octanol–water partition coefficient (Wildman–Crippen LogP) is 3.63. The summed E-state index contributed by atoms with van der Waals surface area (Å²) in [5.41, 5.74) is 12.1. The summed E-state index contributed by atoms with van der Waals surface area (Å²) in [5.74, 6) is -1.28. The quantitative estimate of drug-likeness (QED) is 0.260. The van der Waals surface area contributed by atoms with Crippen molar-refractivity contribution >= 4 is 51.5 Å². The van der Waals surface area contributed by atoms with E-state index in [4.69, 9.17) is 20.9 Å². The van der Waals surface area contributed by atoms with E-state index < -0.39 is 29.3 Å². The average molecular weight is 551 g/mol. The number of nitrogen functional groups attached to an aromatic ring is 1. The van der Waals surface area contributed by atoms with Crippen molar-refractivity contribution in [3.63, 3.8) is 0 Å². The van der Waals surface area contributed by atoms with Crippen molar-refractivity contribution in [2.75, 3.05) is 24.9 Å². The number of H-pyrrole nitrogens is 1. The van der Waals surface area contributed by atoms with Gasteiger partial charge in [-0.3, -0.25) is 19.3 Å². The molecule has 39 heavy (non-hydrogen) atoms. The highest BCUT2D eigenvalue weighted by Crippen LogP contribution is 2.41. The van der Waals surface area contributed by atoms with Crippen molar-refractivity contribution in [3.8, 4) is 11.5 Å². The van der Waals surface area contributed by atoms with Crippen molar-refractivity contribution < 1.29 is 23.9 Å². The minimum absolute atomic E-state index is 0.0536.